The summed E-state index contributed by atoms with van der Waals surface area (Å²) >= 11 is 1.33. The summed E-state index contributed by atoms with van der Waals surface area (Å²) in [6.07, 6.45) is -2.02. The van der Waals surface area contributed by atoms with E-state index in [1.54, 1.807) is 91.0 Å². The summed E-state index contributed by atoms with van der Waals surface area (Å²) in [4.78, 5) is 38.6. The van der Waals surface area contributed by atoms with Crippen molar-refractivity contribution in [2.45, 2.75) is 34.7 Å². The summed E-state index contributed by atoms with van der Waals surface area (Å²) in [5.74, 6) is -1.66. The summed E-state index contributed by atoms with van der Waals surface area (Å²) in [6, 6.07) is 25.6. The van der Waals surface area contributed by atoms with E-state index in [1.807, 2.05) is 0 Å². The minimum atomic E-state index is -0.930. The van der Waals surface area contributed by atoms with Crippen LogP contribution in [0.1, 0.15) is 37.5 Å². The van der Waals surface area contributed by atoms with Crippen LogP contribution in [0.2, 0.25) is 0 Å². The first kappa shape index (κ1) is 24.1. The Bertz CT molecular complexity index is 1230. The van der Waals surface area contributed by atoms with Gasteiger partial charge in [-0.25, -0.2) is 14.4 Å². The van der Waals surface area contributed by atoms with Crippen molar-refractivity contribution < 1.29 is 33.7 Å². The highest BCUT2D eigenvalue weighted by molar-refractivity contribution is 8.02. The van der Waals surface area contributed by atoms with Crippen molar-refractivity contribution >= 4 is 29.7 Å². The first-order valence-corrected chi connectivity index (χ1v) is 12.5. The number of hydrogen-bond acceptors (Lipinski definition) is 8. The molecule has 0 radical (unpaired) electrons. The molecular weight excluding hydrogens is 480 g/mol. The molecule has 7 nitrogen and oxygen atoms in total. The molecule has 3 aromatic rings. The molecule has 8 heteroatoms. The Kier molecular flexibility index (Phi) is 6.80. The van der Waals surface area contributed by atoms with Crippen LogP contribution in [0.15, 0.2) is 91.0 Å². The molecular formula is C28H24O7S. The maximum atomic E-state index is 13.0. The van der Waals surface area contributed by atoms with Crippen LogP contribution in [-0.2, 0) is 14.2 Å². The number of aliphatic hydroxyl groups is 1. The van der Waals surface area contributed by atoms with Gasteiger partial charge in [-0.3, -0.25) is 0 Å². The monoisotopic (exact) mass is 504 g/mol. The third kappa shape index (κ3) is 4.74. The van der Waals surface area contributed by atoms with E-state index < -0.39 is 46.2 Å². The number of carbonyl (C=O) groups is 3. The Hall–Kier alpha value is -3.62. The highest BCUT2D eigenvalue weighted by Gasteiger charge is 2.73. The summed E-state index contributed by atoms with van der Waals surface area (Å²) in [5.41, 5.74) is 1.10. The Morgan fingerprint density at radius 3 is 1.64 bits per heavy atom. The molecule has 0 aromatic heterocycles. The highest BCUT2D eigenvalue weighted by atomic mass is 32.2. The number of hydrogen-bond donors (Lipinski definition) is 1. The fourth-order valence-corrected chi connectivity index (χ4v) is 6.16. The third-order valence-corrected chi connectivity index (χ3v) is 8.16. The van der Waals surface area contributed by atoms with Gasteiger partial charge in [0.25, 0.3) is 0 Å². The Balaban J connectivity index is 1.41. The molecule has 0 amide bonds. The average Bonchev–Trinajstić information content (AvgIpc) is 3.54. The fraction of sp³-hybridized carbons (Fsp3) is 0.250. The topological polar surface area (TPSA) is 99.1 Å². The number of ether oxygens (including phenoxy) is 3. The predicted octanol–water partition coefficient (Wildman–Crippen LogP) is 3.91. The second-order valence-electron chi connectivity index (χ2n) is 8.69. The zero-order valence-corrected chi connectivity index (χ0v) is 20.0. The lowest BCUT2D eigenvalue weighted by Gasteiger charge is -2.26. The van der Waals surface area contributed by atoms with E-state index in [-0.39, 0.29) is 6.61 Å². The molecule has 5 rings (SSSR count). The lowest BCUT2D eigenvalue weighted by Crippen LogP contribution is -2.43. The van der Waals surface area contributed by atoms with Crippen molar-refractivity contribution in [1.82, 2.24) is 0 Å². The molecule has 2 aliphatic rings. The summed E-state index contributed by atoms with van der Waals surface area (Å²) < 4.78 is 16.7. The second-order valence-corrected chi connectivity index (χ2v) is 10.3. The van der Waals surface area contributed by atoms with E-state index in [4.69, 9.17) is 14.2 Å². The van der Waals surface area contributed by atoms with E-state index in [0.29, 0.717) is 23.1 Å². The number of esters is 3. The van der Waals surface area contributed by atoms with Gasteiger partial charge in [-0.1, -0.05) is 54.6 Å². The van der Waals surface area contributed by atoms with Gasteiger partial charge in [0.1, 0.15) is 6.10 Å². The number of carbonyl (C=O) groups excluding carboxylic acids is 3. The summed E-state index contributed by atoms with van der Waals surface area (Å²) in [5, 5.41) is 9.57. The van der Waals surface area contributed by atoms with Crippen LogP contribution in [0.5, 0.6) is 0 Å². The van der Waals surface area contributed by atoms with Gasteiger partial charge >= 0.3 is 17.9 Å². The van der Waals surface area contributed by atoms with E-state index in [2.05, 4.69) is 0 Å². The minimum absolute atomic E-state index is 0.308. The Morgan fingerprint density at radius 2 is 1.17 bits per heavy atom. The van der Waals surface area contributed by atoms with Gasteiger partial charge in [0.15, 0.2) is 12.2 Å². The molecule has 1 saturated heterocycles. The molecule has 36 heavy (non-hydrogen) atoms. The predicted molar refractivity (Wildman–Crippen MR) is 133 cm³/mol. The first-order valence-electron chi connectivity index (χ1n) is 11.6. The molecule has 1 spiro atoms. The van der Waals surface area contributed by atoms with Crippen molar-refractivity contribution in [2.75, 3.05) is 6.61 Å². The number of benzene rings is 3. The van der Waals surface area contributed by atoms with Crippen LogP contribution < -0.4 is 0 Å². The lowest BCUT2D eigenvalue weighted by atomic mass is 10.1. The number of aliphatic hydroxyl groups excluding tert-OH is 1. The summed E-state index contributed by atoms with van der Waals surface area (Å²) in [6.45, 7) is -0.308. The molecule has 1 N–H and O–H groups in total. The van der Waals surface area contributed by atoms with Crippen LogP contribution in [0, 0.1) is 0 Å². The van der Waals surface area contributed by atoms with Gasteiger partial charge in [-0.05, 0) is 36.4 Å². The third-order valence-electron chi connectivity index (χ3n) is 6.34. The second kappa shape index (κ2) is 10.2. The molecule has 1 aliphatic carbocycles. The van der Waals surface area contributed by atoms with E-state index in [9.17, 15) is 19.5 Å². The van der Waals surface area contributed by atoms with Gasteiger partial charge in [-0.15, -0.1) is 11.8 Å². The van der Waals surface area contributed by atoms with Crippen molar-refractivity contribution in [3.63, 3.8) is 0 Å². The van der Waals surface area contributed by atoms with Gasteiger partial charge in [0, 0.05) is 6.42 Å². The first-order chi connectivity index (χ1) is 17.5. The molecule has 5 atom stereocenters. The van der Waals surface area contributed by atoms with Gasteiger partial charge in [0.2, 0.25) is 0 Å². The molecule has 3 aromatic carbocycles. The molecule has 3 unspecified atom stereocenters. The average molecular weight is 505 g/mol. The zero-order chi connectivity index (χ0) is 25.1. The van der Waals surface area contributed by atoms with Crippen LogP contribution >= 0.6 is 11.8 Å². The standard InChI is InChI=1S/C28H24O7S/c29-17-21-23(34-26(31)19-12-6-2-7-13-19)24(35-27(32)20-14-8-3-9-15-20)28(36-21)16-22(28)33-25(30)18-10-4-1-5-11-18/h1-15,21-24,29H,16-17H2/t21?,22?,23-,24-,28?/m0/s1. The van der Waals surface area contributed by atoms with Crippen molar-refractivity contribution in [3.05, 3.63) is 108 Å². The van der Waals surface area contributed by atoms with E-state index in [1.165, 1.54) is 11.8 Å². The van der Waals surface area contributed by atoms with Gasteiger partial charge in [-0.2, -0.15) is 0 Å². The fourth-order valence-electron chi connectivity index (χ4n) is 4.43. The van der Waals surface area contributed by atoms with Crippen LogP contribution in [0.25, 0.3) is 0 Å². The Morgan fingerprint density at radius 1 is 0.722 bits per heavy atom. The SMILES string of the molecule is O=C(OC1CC12SC(CO)[C@H](OC(=O)c1ccccc1)[C@@H]2OC(=O)c1ccccc1)c1ccccc1. The van der Waals surface area contributed by atoms with Crippen molar-refractivity contribution in [3.8, 4) is 0 Å². The molecule has 0 bridgehead atoms. The quantitative estimate of drug-likeness (QED) is 0.382. The van der Waals surface area contributed by atoms with Crippen LogP contribution in [-0.4, -0.2) is 57.9 Å². The van der Waals surface area contributed by atoms with Gasteiger partial charge in [0.05, 0.1) is 33.3 Å². The molecule has 1 aliphatic heterocycles. The maximum absolute atomic E-state index is 13.0. The molecule has 184 valence electrons. The minimum Gasteiger partial charge on any atom is -0.457 e. The largest absolute Gasteiger partial charge is 0.457 e. The van der Waals surface area contributed by atoms with E-state index in [0.717, 1.165) is 0 Å². The lowest BCUT2D eigenvalue weighted by molar-refractivity contribution is -0.0405. The maximum Gasteiger partial charge on any atom is 0.338 e. The smallest absolute Gasteiger partial charge is 0.338 e. The van der Waals surface area contributed by atoms with Crippen molar-refractivity contribution in [2.24, 2.45) is 0 Å². The van der Waals surface area contributed by atoms with E-state index >= 15 is 0 Å². The molecule has 1 saturated carbocycles. The van der Waals surface area contributed by atoms with Crippen molar-refractivity contribution in [1.29, 1.82) is 0 Å². The normalized spacial score (nSPS) is 26.2. The molecule has 2 fully saturated rings. The summed E-state index contributed by atoms with van der Waals surface area (Å²) in [7, 11) is 0. The number of rotatable bonds is 7. The Labute approximate surface area is 212 Å². The zero-order valence-electron chi connectivity index (χ0n) is 19.2. The van der Waals surface area contributed by atoms with Crippen LogP contribution in [0.4, 0.5) is 0 Å². The highest BCUT2D eigenvalue weighted by Crippen LogP contribution is 2.62. The molecule has 1 heterocycles. The number of thioether (sulfide) groups is 1. The van der Waals surface area contributed by atoms with Gasteiger partial charge < -0.3 is 19.3 Å². The van der Waals surface area contributed by atoms with Crippen LogP contribution in [0.3, 0.4) is 0 Å².